The lowest BCUT2D eigenvalue weighted by molar-refractivity contribution is -0.0653. The summed E-state index contributed by atoms with van der Waals surface area (Å²) in [4.78, 5) is 13.8. The van der Waals surface area contributed by atoms with Gasteiger partial charge in [0, 0.05) is 20.3 Å². The van der Waals surface area contributed by atoms with Crippen LogP contribution in [0.2, 0.25) is 10.0 Å². The second-order valence-corrected chi connectivity index (χ2v) is 12.0. The number of benzene rings is 1. The molecule has 0 amide bonds. The molecule has 1 saturated carbocycles. The number of esters is 1. The van der Waals surface area contributed by atoms with E-state index in [1.165, 1.54) is 11.3 Å². The van der Waals surface area contributed by atoms with Crippen molar-refractivity contribution in [2.45, 2.75) is 69.0 Å². The minimum atomic E-state index is -1.41. The van der Waals surface area contributed by atoms with Gasteiger partial charge in [-0.2, -0.15) is 0 Å². The van der Waals surface area contributed by atoms with E-state index in [9.17, 15) is 20.1 Å². The second kappa shape index (κ2) is 13.1. The number of aliphatic hydroxyl groups is 3. The predicted molar refractivity (Wildman–Crippen MR) is 142 cm³/mol. The summed E-state index contributed by atoms with van der Waals surface area (Å²) in [6.07, 6.45) is 4.67. The van der Waals surface area contributed by atoms with Crippen molar-refractivity contribution in [2.24, 2.45) is 11.8 Å². The monoisotopic (exact) mass is 562 g/mol. The van der Waals surface area contributed by atoms with Crippen LogP contribution in [-0.4, -0.2) is 51.6 Å². The molecule has 0 radical (unpaired) electrons. The lowest BCUT2D eigenvalue weighted by Gasteiger charge is -2.23. The maximum atomic E-state index is 12.3. The van der Waals surface area contributed by atoms with Crippen LogP contribution in [0.3, 0.4) is 0 Å². The Bertz CT molecular complexity index is 957. The van der Waals surface area contributed by atoms with Gasteiger partial charge in [-0.25, -0.2) is 4.79 Å². The number of thiophene rings is 1. The van der Waals surface area contributed by atoms with Gasteiger partial charge in [0.25, 0.3) is 0 Å². The molecule has 0 saturated heterocycles. The van der Waals surface area contributed by atoms with E-state index in [0.717, 1.165) is 42.5 Å². The highest BCUT2D eigenvalue weighted by molar-refractivity contribution is 7.13. The quantitative estimate of drug-likeness (QED) is 0.221. The zero-order valence-corrected chi connectivity index (χ0v) is 22.8. The van der Waals surface area contributed by atoms with Crippen LogP contribution in [0.1, 0.15) is 59.1 Å². The Morgan fingerprint density at radius 3 is 2.51 bits per heavy atom. The summed E-state index contributed by atoms with van der Waals surface area (Å²) in [7, 11) is 0. The Labute approximate surface area is 226 Å². The van der Waals surface area contributed by atoms with Crippen molar-refractivity contribution in [1.82, 2.24) is 0 Å². The number of aliphatic hydroxyl groups excluding tert-OH is 2. The first-order chi connectivity index (χ1) is 16.6. The van der Waals surface area contributed by atoms with E-state index >= 15 is 0 Å². The standard InChI is InChI=1S/C26H33Cl3O5S/c1-2-26(33,14-30)15-34-25(32)24-9-7-19(35-24)4-3-5-20-21(23(31)13-22(20)29)8-6-16-10-17(27)12-18(28)11-16/h7,9-12,20-23,30-31,33H,2-6,8,13-15H2,1H3/t20-,21-,22-,23-,26?/m1/s1. The van der Waals surface area contributed by atoms with E-state index in [-0.39, 0.29) is 30.2 Å². The molecule has 1 aliphatic rings. The van der Waals surface area contributed by atoms with Crippen LogP contribution in [0, 0.1) is 11.8 Å². The number of carbonyl (C=O) groups is 1. The first kappa shape index (κ1) is 28.7. The van der Waals surface area contributed by atoms with Crippen LogP contribution < -0.4 is 0 Å². The van der Waals surface area contributed by atoms with Crippen LogP contribution in [0.25, 0.3) is 0 Å². The largest absolute Gasteiger partial charge is 0.458 e. The van der Waals surface area contributed by atoms with Gasteiger partial charge in [0.2, 0.25) is 0 Å². The summed E-state index contributed by atoms with van der Waals surface area (Å²) in [5.41, 5.74) is -0.351. The number of ether oxygens (including phenoxy) is 1. The summed E-state index contributed by atoms with van der Waals surface area (Å²) >= 11 is 20.2. The van der Waals surface area contributed by atoms with Crippen molar-refractivity contribution in [1.29, 1.82) is 0 Å². The molecule has 1 aliphatic carbocycles. The number of halogens is 3. The first-order valence-corrected chi connectivity index (χ1v) is 14.0. The molecule has 2 aromatic rings. The fraction of sp³-hybridized carbons (Fsp3) is 0.577. The third-order valence-corrected chi connectivity index (χ3v) is 8.98. The fourth-order valence-electron chi connectivity index (χ4n) is 4.69. The Hall–Kier alpha value is -0.860. The number of aryl methyl sites for hydroxylation is 2. The fourth-order valence-corrected chi connectivity index (χ4v) is 6.70. The molecular formula is C26H33Cl3O5S. The Morgan fingerprint density at radius 1 is 1.14 bits per heavy atom. The van der Waals surface area contributed by atoms with E-state index in [0.29, 0.717) is 21.3 Å². The van der Waals surface area contributed by atoms with Crippen molar-refractivity contribution in [3.63, 3.8) is 0 Å². The minimum absolute atomic E-state index is 0.0596. The number of hydrogen-bond donors (Lipinski definition) is 3. The predicted octanol–water partition coefficient (Wildman–Crippen LogP) is 5.91. The van der Waals surface area contributed by atoms with Gasteiger partial charge in [0.1, 0.15) is 17.1 Å². The average molecular weight is 564 g/mol. The third-order valence-electron chi connectivity index (χ3n) is 6.91. The number of carbonyl (C=O) groups excluding carboxylic acids is 1. The molecule has 1 heterocycles. The summed E-state index contributed by atoms with van der Waals surface area (Å²) in [6.45, 7) is 1.02. The van der Waals surface area contributed by atoms with Crippen LogP contribution in [0.15, 0.2) is 30.3 Å². The molecule has 0 spiro atoms. The molecule has 9 heteroatoms. The van der Waals surface area contributed by atoms with Gasteiger partial charge in [-0.1, -0.05) is 30.1 Å². The number of hydrogen-bond acceptors (Lipinski definition) is 6. The lowest BCUT2D eigenvalue weighted by Crippen LogP contribution is -2.38. The Morgan fingerprint density at radius 2 is 1.86 bits per heavy atom. The molecule has 1 unspecified atom stereocenters. The van der Waals surface area contributed by atoms with Gasteiger partial charge in [0.15, 0.2) is 0 Å². The molecule has 0 bridgehead atoms. The third kappa shape index (κ3) is 8.06. The molecule has 194 valence electrons. The summed E-state index contributed by atoms with van der Waals surface area (Å²) in [5.74, 6) is -0.161. The molecule has 0 aliphatic heterocycles. The highest BCUT2D eigenvalue weighted by Crippen LogP contribution is 2.42. The summed E-state index contributed by atoms with van der Waals surface area (Å²) in [6, 6.07) is 9.18. The normalized spacial score (nSPS) is 23.9. The van der Waals surface area contributed by atoms with Gasteiger partial charge < -0.3 is 20.1 Å². The first-order valence-electron chi connectivity index (χ1n) is 12.0. The van der Waals surface area contributed by atoms with E-state index < -0.39 is 24.3 Å². The highest BCUT2D eigenvalue weighted by Gasteiger charge is 2.40. The van der Waals surface area contributed by atoms with E-state index in [1.54, 1.807) is 19.1 Å². The zero-order valence-electron chi connectivity index (χ0n) is 19.8. The molecule has 3 N–H and O–H groups in total. The van der Waals surface area contributed by atoms with Crippen molar-refractivity contribution < 1.29 is 24.9 Å². The maximum absolute atomic E-state index is 12.3. The average Bonchev–Trinajstić information content (AvgIpc) is 3.39. The smallest absolute Gasteiger partial charge is 0.348 e. The molecule has 1 fully saturated rings. The SMILES string of the molecule is CCC(O)(CO)COC(=O)c1ccc(CCC[C@@H]2[C@@H](CCc3cc(Cl)cc(Cl)c3)[C@H](O)C[C@H]2Cl)s1. The number of alkyl halides is 1. The molecule has 35 heavy (non-hydrogen) atoms. The van der Waals surface area contributed by atoms with Crippen LogP contribution in [0.4, 0.5) is 0 Å². The van der Waals surface area contributed by atoms with Crippen molar-refractivity contribution >= 4 is 52.1 Å². The van der Waals surface area contributed by atoms with Gasteiger partial charge >= 0.3 is 5.97 Å². The van der Waals surface area contributed by atoms with E-state index in [1.807, 2.05) is 18.2 Å². The lowest BCUT2D eigenvalue weighted by atomic mass is 9.85. The van der Waals surface area contributed by atoms with Gasteiger partial charge in [0.05, 0.1) is 12.7 Å². The molecule has 1 aromatic carbocycles. The van der Waals surface area contributed by atoms with E-state index in [4.69, 9.17) is 39.5 Å². The molecule has 5 nitrogen and oxygen atoms in total. The van der Waals surface area contributed by atoms with Crippen molar-refractivity contribution in [3.05, 3.63) is 55.7 Å². The van der Waals surface area contributed by atoms with Crippen LogP contribution >= 0.6 is 46.1 Å². The molecular weight excluding hydrogens is 531 g/mol. The molecule has 1 aromatic heterocycles. The Balaban J connectivity index is 1.50. The maximum Gasteiger partial charge on any atom is 0.348 e. The van der Waals surface area contributed by atoms with Crippen LogP contribution in [0.5, 0.6) is 0 Å². The van der Waals surface area contributed by atoms with Gasteiger partial charge in [-0.3, -0.25) is 0 Å². The summed E-state index contributed by atoms with van der Waals surface area (Å²) in [5, 5.41) is 31.1. The highest BCUT2D eigenvalue weighted by atomic mass is 35.5. The summed E-state index contributed by atoms with van der Waals surface area (Å²) < 4.78 is 5.19. The van der Waals surface area contributed by atoms with Gasteiger partial charge in [-0.15, -0.1) is 22.9 Å². The number of rotatable bonds is 12. The Kier molecular flexibility index (Phi) is 10.7. The topological polar surface area (TPSA) is 87.0 Å². The zero-order chi connectivity index (χ0) is 25.6. The van der Waals surface area contributed by atoms with Crippen molar-refractivity contribution in [3.8, 4) is 0 Å². The molecule has 5 atom stereocenters. The van der Waals surface area contributed by atoms with Crippen LogP contribution in [-0.2, 0) is 17.6 Å². The second-order valence-electron chi connectivity index (χ2n) is 9.43. The molecule has 3 rings (SSSR count). The van der Waals surface area contributed by atoms with Gasteiger partial charge in [-0.05, 0) is 92.7 Å². The van der Waals surface area contributed by atoms with Crippen molar-refractivity contribution in [2.75, 3.05) is 13.2 Å². The van der Waals surface area contributed by atoms with E-state index in [2.05, 4.69) is 0 Å². The minimum Gasteiger partial charge on any atom is -0.458 e.